The number of nitrogens with zero attached hydrogens (tertiary/aromatic N) is 6. The first kappa shape index (κ1) is 18.6. The van der Waals surface area contributed by atoms with E-state index in [1.165, 1.54) is 10.6 Å². The van der Waals surface area contributed by atoms with E-state index in [0.29, 0.717) is 0 Å². The number of H-pyrrole nitrogens is 1. The van der Waals surface area contributed by atoms with E-state index in [0.717, 1.165) is 22.3 Å². The van der Waals surface area contributed by atoms with Crippen molar-refractivity contribution in [2.75, 3.05) is 18.8 Å². The van der Waals surface area contributed by atoms with Gasteiger partial charge in [0.15, 0.2) is 0 Å². The Kier molecular flexibility index (Phi) is 4.44. The van der Waals surface area contributed by atoms with Crippen molar-refractivity contribution in [3.8, 4) is 17.3 Å². The highest BCUT2D eigenvalue weighted by molar-refractivity contribution is 7.89. The molecule has 1 N–H and O–H groups in total. The van der Waals surface area contributed by atoms with Crippen molar-refractivity contribution < 1.29 is 8.42 Å². The summed E-state index contributed by atoms with van der Waals surface area (Å²) in [4.78, 5) is 11.6. The van der Waals surface area contributed by atoms with Crippen LogP contribution in [0.1, 0.15) is 20.3 Å². The Balaban J connectivity index is 1.63. The van der Waals surface area contributed by atoms with Gasteiger partial charge in [-0.15, -0.1) is 0 Å². The van der Waals surface area contributed by atoms with Gasteiger partial charge in [-0.1, -0.05) is 13.8 Å². The van der Waals surface area contributed by atoms with Crippen LogP contribution in [0.15, 0.2) is 31.0 Å². The fraction of sp³-hybridized carbons (Fsp3) is 0.444. The Bertz CT molecular complexity index is 1150. The van der Waals surface area contributed by atoms with E-state index in [4.69, 9.17) is 0 Å². The fourth-order valence-electron chi connectivity index (χ4n) is 3.63. The molecule has 1 aliphatic rings. The average molecular weight is 399 g/mol. The number of fused-ring (bicyclic) bond motifs is 1. The molecular weight excluding hydrogens is 378 g/mol. The van der Waals surface area contributed by atoms with E-state index in [1.54, 1.807) is 17.1 Å². The van der Waals surface area contributed by atoms with Crippen molar-refractivity contribution in [3.63, 3.8) is 0 Å². The summed E-state index contributed by atoms with van der Waals surface area (Å²) in [7, 11) is -3.33. The molecule has 1 aliphatic heterocycles. The number of aromatic amines is 1. The molecule has 28 heavy (non-hydrogen) atoms. The molecule has 0 amide bonds. The second-order valence-electron chi connectivity index (χ2n) is 7.64. The van der Waals surface area contributed by atoms with Gasteiger partial charge < -0.3 is 4.98 Å². The molecule has 0 bridgehead atoms. The van der Waals surface area contributed by atoms with Crippen molar-refractivity contribution in [1.82, 2.24) is 29.0 Å². The molecule has 4 rings (SSSR count). The van der Waals surface area contributed by atoms with Crippen molar-refractivity contribution in [3.05, 3.63) is 31.0 Å². The highest BCUT2D eigenvalue weighted by atomic mass is 32.2. The molecule has 1 fully saturated rings. The third-order valence-corrected chi connectivity index (χ3v) is 7.12. The van der Waals surface area contributed by atoms with Crippen LogP contribution in [-0.2, 0) is 15.6 Å². The summed E-state index contributed by atoms with van der Waals surface area (Å²) in [5, 5.41) is 14.6. The van der Waals surface area contributed by atoms with E-state index < -0.39 is 15.6 Å². The summed E-state index contributed by atoms with van der Waals surface area (Å²) >= 11 is 0. The van der Waals surface area contributed by atoms with Gasteiger partial charge in [0.05, 0.1) is 30.1 Å². The van der Waals surface area contributed by atoms with Crippen LogP contribution in [0.3, 0.4) is 0 Å². The summed E-state index contributed by atoms with van der Waals surface area (Å²) < 4.78 is 28.1. The summed E-state index contributed by atoms with van der Waals surface area (Å²) in [6.45, 7) is 4.26. The molecule has 3 aromatic rings. The molecule has 0 atom stereocenters. The van der Waals surface area contributed by atoms with Gasteiger partial charge in [0.25, 0.3) is 0 Å². The number of hydrogen-bond donors (Lipinski definition) is 1. The lowest BCUT2D eigenvalue weighted by Crippen LogP contribution is -2.64. The minimum atomic E-state index is -3.33. The van der Waals surface area contributed by atoms with Gasteiger partial charge in [-0.2, -0.15) is 14.7 Å². The Hall–Kier alpha value is -2.77. The van der Waals surface area contributed by atoms with Gasteiger partial charge >= 0.3 is 0 Å². The van der Waals surface area contributed by atoms with E-state index in [9.17, 15) is 13.7 Å². The lowest BCUT2D eigenvalue weighted by atomic mass is 9.89. The van der Waals surface area contributed by atoms with E-state index >= 15 is 0 Å². The number of hydrogen-bond acceptors (Lipinski definition) is 6. The SMILES string of the molecule is CC(C)CS(=O)(=O)N1CC(CC#N)(n2cc(-c3ncnc4[nH]ccc34)cn2)C1. The molecule has 0 unspecified atom stereocenters. The first-order valence-electron chi connectivity index (χ1n) is 9.03. The lowest BCUT2D eigenvalue weighted by Gasteiger charge is -2.48. The van der Waals surface area contributed by atoms with E-state index in [2.05, 4.69) is 26.1 Å². The van der Waals surface area contributed by atoms with Gasteiger partial charge in [0, 0.05) is 36.4 Å². The zero-order valence-electron chi connectivity index (χ0n) is 15.7. The summed E-state index contributed by atoms with van der Waals surface area (Å²) in [5.41, 5.74) is 1.63. The normalized spacial score (nSPS) is 16.9. The van der Waals surface area contributed by atoms with Gasteiger partial charge in [-0.25, -0.2) is 18.4 Å². The fourth-order valence-corrected chi connectivity index (χ4v) is 5.55. The van der Waals surface area contributed by atoms with Crippen LogP contribution in [0, 0.1) is 17.2 Å². The second-order valence-corrected chi connectivity index (χ2v) is 9.65. The molecule has 0 spiro atoms. The van der Waals surface area contributed by atoms with E-state index in [-0.39, 0.29) is 31.2 Å². The molecule has 1 saturated heterocycles. The Morgan fingerprint density at radius 1 is 1.36 bits per heavy atom. The topological polar surface area (TPSA) is 121 Å². The monoisotopic (exact) mass is 399 g/mol. The number of aromatic nitrogens is 5. The van der Waals surface area contributed by atoms with Crippen LogP contribution in [0.25, 0.3) is 22.3 Å². The number of sulfonamides is 1. The summed E-state index contributed by atoms with van der Waals surface area (Å²) in [6, 6.07) is 4.08. The quantitative estimate of drug-likeness (QED) is 0.674. The van der Waals surface area contributed by atoms with Crippen LogP contribution < -0.4 is 0 Å². The Labute approximate surface area is 163 Å². The molecule has 146 valence electrons. The summed E-state index contributed by atoms with van der Waals surface area (Å²) in [6.07, 6.45) is 7.00. The van der Waals surface area contributed by atoms with Gasteiger partial charge in [-0.05, 0) is 12.0 Å². The Morgan fingerprint density at radius 3 is 2.86 bits per heavy atom. The van der Waals surface area contributed by atoms with Gasteiger partial charge in [0.2, 0.25) is 10.0 Å². The molecule has 3 aromatic heterocycles. The van der Waals surface area contributed by atoms with Gasteiger partial charge in [0.1, 0.15) is 17.5 Å². The third kappa shape index (κ3) is 3.06. The highest BCUT2D eigenvalue weighted by Crippen LogP contribution is 2.36. The van der Waals surface area contributed by atoms with Crippen molar-refractivity contribution >= 4 is 21.1 Å². The molecular formula is C18H21N7O2S. The number of nitrogens with one attached hydrogen (secondary N) is 1. The average Bonchev–Trinajstić information content (AvgIpc) is 3.25. The van der Waals surface area contributed by atoms with Gasteiger partial charge in [-0.3, -0.25) is 4.68 Å². The second kappa shape index (κ2) is 6.68. The summed E-state index contributed by atoms with van der Waals surface area (Å²) in [5.74, 6) is 0.153. The molecule has 0 aliphatic carbocycles. The maximum Gasteiger partial charge on any atom is 0.214 e. The van der Waals surface area contributed by atoms with Crippen LogP contribution in [0.4, 0.5) is 0 Å². The lowest BCUT2D eigenvalue weighted by molar-refractivity contribution is 0.0715. The maximum atomic E-state index is 12.5. The molecule has 0 aromatic carbocycles. The van der Waals surface area contributed by atoms with Crippen LogP contribution in [0.2, 0.25) is 0 Å². The smallest absolute Gasteiger partial charge is 0.214 e. The predicted molar refractivity (Wildman–Crippen MR) is 104 cm³/mol. The first-order valence-corrected chi connectivity index (χ1v) is 10.6. The van der Waals surface area contributed by atoms with Crippen LogP contribution in [-0.4, -0.2) is 56.3 Å². The maximum absolute atomic E-state index is 12.5. The molecule has 9 nitrogen and oxygen atoms in total. The standard InChI is InChI=1S/C18H21N7O2S/c1-13(2)9-28(26,27)24-10-18(11-24,4-5-19)25-8-14(7-23-25)16-15-3-6-20-17(15)22-12-21-16/h3,6-8,12-13H,4,9-11H2,1-2H3,(H,20,21,22). The predicted octanol–water partition coefficient (Wildman–Crippen LogP) is 1.73. The number of rotatable bonds is 6. The van der Waals surface area contributed by atoms with E-state index in [1.807, 2.05) is 26.1 Å². The van der Waals surface area contributed by atoms with Crippen molar-refractivity contribution in [2.45, 2.75) is 25.8 Å². The molecule has 4 heterocycles. The molecule has 0 radical (unpaired) electrons. The van der Waals surface area contributed by atoms with Crippen LogP contribution in [0.5, 0.6) is 0 Å². The zero-order chi connectivity index (χ0) is 19.9. The minimum absolute atomic E-state index is 0.0498. The Morgan fingerprint density at radius 2 is 2.14 bits per heavy atom. The first-order chi connectivity index (χ1) is 13.3. The van der Waals surface area contributed by atoms with Crippen molar-refractivity contribution in [1.29, 1.82) is 5.26 Å². The van der Waals surface area contributed by atoms with Crippen molar-refractivity contribution in [2.24, 2.45) is 5.92 Å². The third-order valence-electron chi connectivity index (χ3n) is 4.98. The highest BCUT2D eigenvalue weighted by Gasteiger charge is 2.50. The zero-order valence-corrected chi connectivity index (χ0v) is 16.5. The minimum Gasteiger partial charge on any atom is -0.346 e. The number of nitriles is 1. The largest absolute Gasteiger partial charge is 0.346 e. The molecule has 10 heteroatoms. The van der Waals surface area contributed by atoms with Crippen LogP contribution >= 0.6 is 0 Å². The molecule has 0 saturated carbocycles.